The number of pyridine rings is 1. The molecule has 1 N–H and O–H groups in total. The molecule has 0 amide bonds. The molecule has 1 aromatic carbocycles. The lowest BCUT2D eigenvalue weighted by molar-refractivity contribution is 0.551. The summed E-state index contributed by atoms with van der Waals surface area (Å²) in [4.78, 5) is 4.37. The summed E-state index contributed by atoms with van der Waals surface area (Å²) < 4.78 is 5.26. The summed E-state index contributed by atoms with van der Waals surface area (Å²) >= 11 is 6.19. The van der Waals surface area contributed by atoms with Crippen molar-refractivity contribution in [3.05, 3.63) is 65.3 Å². The minimum absolute atomic E-state index is 0.0187. The molecule has 0 radical (unpaired) electrons. The van der Waals surface area contributed by atoms with Gasteiger partial charge < -0.3 is 9.73 Å². The predicted molar refractivity (Wildman–Crippen MR) is 85.6 cm³/mol. The number of rotatable bonds is 5. The zero-order valence-corrected chi connectivity index (χ0v) is 12.6. The van der Waals surface area contributed by atoms with Gasteiger partial charge in [-0.05, 0) is 41.6 Å². The SMILES string of the molecule is CCCNC(c1ccoc1Cl)c1cncc2ccccc12. The fourth-order valence-corrected chi connectivity index (χ4v) is 2.78. The number of aromatic nitrogens is 1. The van der Waals surface area contributed by atoms with Gasteiger partial charge in [0.15, 0.2) is 5.22 Å². The van der Waals surface area contributed by atoms with E-state index in [1.807, 2.05) is 30.6 Å². The average molecular weight is 301 g/mol. The Bertz CT molecular complexity index is 733. The first-order valence-corrected chi connectivity index (χ1v) is 7.48. The highest BCUT2D eigenvalue weighted by Gasteiger charge is 2.20. The molecule has 0 bridgehead atoms. The molecule has 2 aromatic heterocycles. The van der Waals surface area contributed by atoms with Crippen LogP contribution in [0, 0.1) is 0 Å². The van der Waals surface area contributed by atoms with Gasteiger partial charge in [-0.25, -0.2) is 0 Å². The van der Waals surface area contributed by atoms with E-state index in [-0.39, 0.29) is 6.04 Å². The lowest BCUT2D eigenvalue weighted by Gasteiger charge is -2.19. The quantitative estimate of drug-likeness (QED) is 0.750. The standard InChI is InChI=1S/C17H17ClN2O/c1-2-8-20-16(14-7-9-21-17(14)18)15-11-19-10-12-5-3-4-6-13(12)15/h3-7,9-11,16,20H,2,8H2,1H3. The molecule has 0 aliphatic heterocycles. The Kier molecular flexibility index (Phi) is 4.23. The van der Waals surface area contributed by atoms with Crippen LogP contribution in [0.4, 0.5) is 0 Å². The smallest absolute Gasteiger partial charge is 0.198 e. The third-order valence-electron chi connectivity index (χ3n) is 3.57. The number of fused-ring (bicyclic) bond motifs is 1. The van der Waals surface area contributed by atoms with Crippen molar-refractivity contribution < 1.29 is 4.42 Å². The summed E-state index contributed by atoms with van der Waals surface area (Å²) in [6.07, 6.45) is 6.45. The molecule has 21 heavy (non-hydrogen) atoms. The van der Waals surface area contributed by atoms with Crippen LogP contribution >= 0.6 is 11.6 Å². The first kappa shape index (κ1) is 14.1. The van der Waals surface area contributed by atoms with Crippen LogP contribution in [0.3, 0.4) is 0 Å². The van der Waals surface area contributed by atoms with Crippen molar-refractivity contribution in [1.82, 2.24) is 10.3 Å². The van der Waals surface area contributed by atoms with E-state index in [2.05, 4.69) is 29.4 Å². The van der Waals surface area contributed by atoms with Crippen molar-refractivity contribution in [3.8, 4) is 0 Å². The molecule has 0 aliphatic rings. The number of hydrogen-bond donors (Lipinski definition) is 1. The first-order chi connectivity index (χ1) is 10.3. The van der Waals surface area contributed by atoms with Gasteiger partial charge in [0.05, 0.1) is 12.3 Å². The Morgan fingerprint density at radius 1 is 1.19 bits per heavy atom. The second kappa shape index (κ2) is 6.29. The van der Waals surface area contributed by atoms with Crippen molar-refractivity contribution in [2.75, 3.05) is 6.54 Å². The third-order valence-corrected chi connectivity index (χ3v) is 3.87. The van der Waals surface area contributed by atoms with E-state index in [0.717, 1.165) is 29.5 Å². The van der Waals surface area contributed by atoms with E-state index in [9.17, 15) is 0 Å². The van der Waals surface area contributed by atoms with E-state index in [0.29, 0.717) is 5.22 Å². The topological polar surface area (TPSA) is 38.1 Å². The van der Waals surface area contributed by atoms with Crippen LogP contribution in [0.2, 0.25) is 5.22 Å². The van der Waals surface area contributed by atoms with E-state index < -0.39 is 0 Å². The van der Waals surface area contributed by atoms with Gasteiger partial charge in [-0.2, -0.15) is 0 Å². The van der Waals surface area contributed by atoms with Crippen molar-refractivity contribution >= 4 is 22.4 Å². The number of hydrogen-bond acceptors (Lipinski definition) is 3. The summed E-state index contributed by atoms with van der Waals surface area (Å²) in [5.41, 5.74) is 2.06. The number of nitrogens with zero attached hydrogens (tertiary/aromatic N) is 1. The maximum absolute atomic E-state index is 6.19. The number of nitrogens with one attached hydrogen (secondary N) is 1. The van der Waals surface area contributed by atoms with Crippen molar-refractivity contribution in [3.63, 3.8) is 0 Å². The van der Waals surface area contributed by atoms with Crippen LogP contribution in [-0.2, 0) is 0 Å². The van der Waals surface area contributed by atoms with Crippen LogP contribution in [0.15, 0.2) is 53.4 Å². The van der Waals surface area contributed by atoms with E-state index in [1.54, 1.807) is 6.26 Å². The van der Waals surface area contributed by atoms with E-state index in [1.165, 1.54) is 5.39 Å². The molecule has 0 fully saturated rings. The van der Waals surface area contributed by atoms with Gasteiger partial charge in [0.25, 0.3) is 0 Å². The second-order valence-electron chi connectivity index (χ2n) is 4.99. The molecule has 0 saturated carbocycles. The normalized spacial score (nSPS) is 12.7. The molecule has 3 rings (SSSR count). The molecule has 0 aliphatic carbocycles. The largest absolute Gasteiger partial charge is 0.453 e. The molecule has 3 nitrogen and oxygen atoms in total. The molecule has 1 unspecified atom stereocenters. The van der Waals surface area contributed by atoms with Gasteiger partial charge in [0.1, 0.15) is 0 Å². The van der Waals surface area contributed by atoms with Gasteiger partial charge in [-0.1, -0.05) is 31.2 Å². The van der Waals surface area contributed by atoms with Crippen LogP contribution < -0.4 is 5.32 Å². The minimum atomic E-state index is -0.0187. The minimum Gasteiger partial charge on any atom is -0.453 e. The first-order valence-electron chi connectivity index (χ1n) is 7.10. The molecular weight excluding hydrogens is 284 g/mol. The summed E-state index contributed by atoms with van der Waals surface area (Å²) in [5, 5.41) is 6.27. The highest BCUT2D eigenvalue weighted by atomic mass is 35.5. The predicted octanol–water partition coefficient (Wildman–Crippen LogP) is 4.57. The van der Waals surface area contributed by atoms with Crippen LogP contribution in [0.25, 0.3) is 10.8 Å². The lowest BCUT2D eigenvalue weighted by Crippen LogP contribution is -2.23. The average Bonchev–Trinajstić information content (AvgIpc) is 2.94. The van der Waals surface area contributed by atoms with Crippen LogP contribution in [0.1, 0.15) is 30.5 Å². The van der Waals surface area contributed by atoms with Gasteiger partial charge >= 0.3 is 0 Å². The van der Waals surface area contributed by atoms with E-state index in [4.69, 9.17) is 16.0 Å². The molecular formula is C17H17ClN2O. The summed E-state index contributed by atoms with van der Waals surface area (Å²) in [5.74, 6) is 0. The number of furan rings is 1. The number of halogens is 1. The van der Waals surface area contributed by atoms with Crippen molar-refractivity contribution in [2.45, 2.75) is 19.4 Å². The fourth-order valence-electron chi connectivity index (χ4n) is 2.56. The Morgan fingerprint density at radius 2 is 2.05 bits per heavy atom. The third kappa shape index (κ3) is 2.80. The maximum Gasteiger partial charge on any atom is 0.198 e. The van der Waals surface area contributed by atoms with Gasteiger partial charge in [-0.3, -0.25) is 4.98 Å². The van der Waals surface area contributed by atoms with E-state index >= 15 is 0 Å². The monoisotopic (exact) mass is 300 g/mol. The van der Waals surface area contributed by atoms with Crippen LogP contribution in [0.5, 0.6) is 0 Å². The molecule has 4 heteroatoms. The van der Waals surface area contributed by atoms with Gasteiger partial charge in [0, 0.05) is 23.3 Å². The summed E-state index contributed by atoms with van der Waals surface area (Å²) in [6, 6.07) is 10.1. The molecule has 3 aromatic rings. The Hall–Kier alpha value is -1.84. The Morgan fingerprint density at radius 3 is 2.81 bits per heavy atom. The zero-order valence-electron chi connectivity index (χ0n) is 11.8. The lowest BCUT2D eigenvalue weighted by atomic mass is 9.97. The highest BCUT2D eigenvalue weighted by Crippen LogP contribution is 2.32. The maximum atomic E-state index is 6.19. The number of benzene rings is 1. The summed E-state index contributed by atoms with van der Waals surface area (Å²) in [7, 11) is 0. The molecule has 1 atom stereocenters. The molecule has 0 saturated heterocycles. The second-order valence-corrected chi connectivity index (χ2v) is 5.33. The van der Waals surface area contributed by atoms with Gasteiger partial charge in [-0.15, -0.1) is 0 Å². The summed E-state index contributed by atoms with van der Waals surface area (Å²) in [6.45, 7) is 3.04. The molecule has 2 heterocycles. The van der Waals surface area contributed by atoms with Crippen LogP contribution in [-0.4, -0.2) is 11.5 Å². The molecule has 0 spiro atoms. The fraction of sp³-hybridized carbons (Fsp3) is 0.235. The van der Waals surface area contributed by atoms with Crippen molar-refractivity contribution in [1.29, 1.82) is 0 Å². The molecule has 108 valence electrons. The highest BCUT2D eigenvalue weighted by molar-refractivity contribution is 6.29. The van der Waals surface area contributed by atoms with Gasteiger partial charge in [0.2, 0.25) is 0 Å². The van der Waals surface area contributed by atoms with Crippen molar-refractivity contribution in [2.24, 2.45) is 0 Å². The Balaban J connectivity index is 2.12. The zero-order chi connectivity index (χ0) is 14.7. The Labute approximate surface area is 128 Å².